The van der Waals surface area contributed by atoms with E-state index in [0.29, 0.717) is 23.7 Å². The lowest BCUT2D eigenvalue weighted by molar-refractivity contribution is -0.128. The summed E-state index contributed by atoms with van der Waals surface area (Å²) in [5.74, 6) is 0.813. The fraction of sp³-hybridized carbons (Fsp3) is 0.300. The van der Waals surface area contributed by atoms with E-state index in [1.54, 1.807) is 18.2 Å². The number of anilines is 1. The Bertz CT molecular complexity index is 420. The highest BCUT2D eigenvalue weighted by Crippen LogP contribution is 2.20. The van der Waals surface area contributed by atoms with Gasteiger partial charge in [0.2, 0.25) is 5.91 Å². The number of carbonyl (C=O) groups is 2. The second-order valence-electron chi connectivity index (χ2n) is 3.40. The van der Waals surface area contributed by atoms with Gasteiger partial charge in [0.1, 0.15) is 5.82 Å². The topological polar surface area (TPSA) is 76.3 Å². The molecule has 0 aromatic carbocycles. The number of nitrogens with two attached hydrogens (primary N) is 1. The van der Waals surface area contributed by atoms with Crippen LogP contribution in [0.5, 0.6) is 0 Å². The molecular formula is C10H11N3O2S. The Morgan fingerprint density at radius 3 is 2.94 bits per heavy atom. The fourth-order valence-corrected chi connectivity index (χ4v) is 2.21. The molecule has 0 radical (unpaired) electrons. The van der Waals surface area contributed by atoms with E-state index >= 15 is 0 Å². The van der Waals surface area contributed by atoms with Crippen molar-refractivity contribution in [2.45, 2.75) is 13.0 Å². The quantitative estimate of drug-likeness (QED) is 0.837. The average molecular weight is 237 g/mol. The van der Waals surface area contributed by atoms with Gasteiger partial charge in [-0.05, 0) is 12.1 Å². The van der Waals surface area contributed by atoms with Gasteiger partial charge in [0.05, 0.1) is 12.2 Å². The van der Waals surface area contributed by atoms with E-state index in [4.69, 9.17) is 5.73 Å². The van der Waals surface area contributed by atoms with Crippen LogP contribution in [0.15, 0.2) is 18.2 Å². The van der Waals surface area contributed by atoms with Crippen molar-refractivity contribution in [2.75, 3.05) is 11.5 Å². The molecule has 0 spiro atoms. The zero-order valence-corrected chi connectivity index (χ0v) is 9.37. The maximum absolute atomic E-state index is 11.5. The van der Waals surface area contributed by atoms with Crippen LogP contribution in [-0.2, 0) is 11.3 Å². The van der Waals surface area contributed by atoms with Crippen molar-refractivity contribution in [3.63, 3.8) is 0 Å². The summed E-state index contributed by atoms with van der Waals surface area (Å²) >= 11 is 1.16. The molecule has 1 saturated heterocycles. The Morgan fingerprint density at radius 2 is 2.25 bits per heavy atom. The van der Waals surface area contributed by atoms with Gasteiger partial charge >= 0.3 is 0 Å². The van der Waals surface area contributed by atoms with Gasteiger partial charge in [-0.3, -0.25) is 14.5 Å². The summed E-state index contributed by atoms with van der Waals surface area (Å²) in [7, 11) is 0. The summed E-state index contributed by atoms with van der Waals surface area (Å²) in [5, 5.41) is -0.208. The molecule has 1 fully saturated rings. The second kappa shape index (κ2) is 4.52. The van der Waals surface area contributed by atoms with E-state index in [1.165, 1.54) is 4.90 Å². The Hall–Kier alpha value is -1.56. The third kappa shape index (κ3) is 2.33. The minimum absolute atomic E-state index is 0.145. The third-order valence-electron chi connectivity index (χ3n) is 2.21. The van der Waals surface area contributed by atoms with Gasteiger partial charge in [0.25, 0.3) is 5.24 Å². The fourth-order valence-electron chi connectivity index (χ4n) is 1.44. The van der Waals surface area contributed by atoms with Crippen LogP contribution in [0.4, 0.5) is 10.6 Å². The molecule has 0 saturated carbocycles. The molecule has 1 aromatic heterocycles. The van der Waals surface area contributed by atoms with Crippen LogP contribution in [-0.4, -0.2) is 26.8 Å². The first kappa shape index (κ1) is 10.9. The van der Waals surface area contributed by atoms with Crippen LogP contribution in [0.25, 0.3) is 0 Å². The first-order valence-electron chi connectivity index (χ1n) is 4.85. The van der Waals surface area contributed by atoms with Gasteiger partial charge in [-0.25, -0.2) is 4.98 Å². The molecule has 0 unspecified atom stereocenters. The highest BCUT2D eigenvalue weighted by Gasteiger charge is 2.26. The van der Waals surface area contributed by atoms with Crippen LogP contribution < -0.4 is 5.73 Å². The molecule has 1 aliphatic heterocycles. The van der Waals surface area contributed by atoms with Crippen LogP contribution in [0.2, 0.25) is 0 Å². The summed E-state index contributed by atoms with van der Waals surface area (Å²) in [6, 6.07) is 5.16. The molecule has 1 aromatic rings. The Balaban J connectivity index is 2.13. The van der Waals surface area contributed by atoms with E-state index in [2.05, 4.69) is 4.98 Å². The molecular weight excluding hydrogens is 226 g/mol. The first-order chi connectivity index (χ1) is 7.66. The molecule has 2 N–H and O–H groups in total. The lowest BCUT2D eigenvalue weighted by Gasteiger charge is -2.23. The van der Waals surface area contributed by atoms with E-state index in [0.717, 1.165) is 11.8 Å². The van der Waals surface area contributed by atoms with Gasteiger partial charge in [0.15, 0.2) is 0 Å². The van der Waals surface area contributed by atoms with E-state index in [-0.39, 0.29) is 17.7 Å². The summed E-state index contributed by atoms with van der Waals surface area (Å²) in [5.41, 5.74) is 6.16. The zero-order chi connectivity index (χ0) is 11.5. The number of thioether (sulfide) groups is 1. The number of rotatable bonds is 2. The van der Waals surface area contributed by atoms with Crippen molar-refractivity contribution in [2.24, 2.45) is 0 Å². The number of nitrogens with zero attached hydrogens (tertiary/aromatic N) is 2. The van der Waals surface area contributed by atoms with Crippen LogP contribution in [0.3, 0.4) is 0 Å². The average Bonchev–Trinajstić information content (AvgIpc) is 2.24. The molecule has 2 heterocycles. The van der Waals surface area contributed by atoms with Crippen molar-refractivity contribution in [3.05, 3.63) is 23.9 Å². The number of amides is 2. The van der Waals surface area contributed by atoms with Crippen LogP contribution >= 0.6 is 11.8 Å². The van der Waals surface area contributed by atoms with Crippen molar-refractivity contribution in [1.82, 2.24) is 9.88 Å². The van der Waals surface area contributed by atoms with Crippen LogP contribution in [0, 0.1) is 0 Å². The Kier molecular flexibility index (Phi) is 3.09. The maximum atomic E-state index is 11.5. The molecule has 2 amide bonds. The number of aromatic nitrogens is 1. The second-order valence-corrected chi connectivity index (χ2v) is 4.44. The third-order valence-corrected chi connectivity index (χ3v) is 3.09. The lowest BCUT2D eigenvalue weighted by atomic mass is 10.3. The van der Waals surface area contributed by atoms with Gasteiger partial charge < -0.3 is 5.73 Å². The normalized spacial score (nSPS) is 16.6. The number of carbonyl (C=O) groups excluding carboxylic acids is 2. The minimum atomic E-state index is -0.208. The van der Waals surface area contributed by atoms with Gasteiger partial charge in [-0.15, -0.1) is 0 Å². The van der Waals surface area contributed by atoms with Crippen molar-refractivity contribution in [1.29, 1.82) is 0 Å². The monoisotopic (exact) mass is 237 g/mol. The molecule has 5 nitrogen and oxygen atoms in total. The van der Waals surface area contributed by atoms with Crippen molar-refractivity contribution >= 4 is 28.7 Å². The van der Waals surface area contributed by atoms with Crippen LogP contribution in [0.1, 0.15) is 12.1 Å². The molecule has 0 atom stereocenters. The predicted octanol–water partition coefficient (Wildman–Crippen LogP) is 1.25. The van der Waals surface area contributed by atoms with Gasteiger partial charge in [-0.1, -0.05) is 17.8 Å². The standard InChI is InChI=1S/C10H11N3O2S/c11-8-3-1-2-7(12-8)6-13-9(14)4-5-16-10(13)15/h1-3H,4-6H2,(H2,11,12). The SMILES string of the molecule is Nc1cccc(CN2C(=O)CCSC2=O)n1. The van der Waals surface area contributed by atoms with Gasteiger partial charge in [-0.2, -0.15) is 0 Å². The summed E-state index contributed by atoms with van der Waals surface area (Å²) < 4.78 is 0. The number of hydrogen-bond donors (Lipinski definition) is 1. The first-order valence-corrected chi connectivity index (χ1v) is 5.84. The maximum Gasteiger partial charge on any atom is 0.288 e. The van der Waals surface area contributed by atoms with Crippen molar-refractivity contribution in [3.8, 4) is 0 Å². The predicted molar refractivity (Wildman–Crippen MR) is 61.7 cm³/mol. The molecule has 2 rings (SSSR count). The summed E-state index contributed by atoms with van der Waals surface area (Å²) in [4.78, 5) is 28.3. The molecule has 84 valence electrons. The molecule has 1 aliphatic rings. The summed E-state index contributed by atoms with van der Waals surface area (Å²) in [6.07, 6.45) is 0.402. The molecule has 0 aliphatic carbocycles. The number of nitrogen functional groups attached to an aromatic ring is 1. The van der Waals surface area contributed by atoms with E-state index in [9.17, 15) is 9.59 Å². The molecule has 0 bridgehead atoms. The minimum Gasteiger partial charge on any atom is -0.384 e. The number of pyridine rings is 1. The van der Waals surface area contributed by atoms with Crippen molar-refractivity contribution < 1.29 is 9.59 Å². The highest BCUT2D eigenvalue weighted by atomic mass is 32.2. The van der Waals surface area contributed by atoms with Gasteiger partial charge in [0, 0.05) is 12.2 Å². The number of hydrogen-bond acceptors (Lipinski definition) is 5. The number of imide groups is 1. The molecule has 16 heavy (non-hydrogen) atoms. The largest absolute Gasteiger partial charge is 0.384 e. The zero-order valence-electron chi connectivity index (χ0n) is 8.55. The van der Waals surface area contributed by atoms with E-state index < -0.39 is 0 Å². The van der Waals surface area contributed by atoms with E-state index in [1.807, 2.05) is 0 Å². The Labute approximate surface area is 97.0 Å². The molecule has 6 heteroatoms. The smallest absolute Gasteiger partial charge is 0.288 e. The Morgan fingerprint density at radius 1 is 1.44 bits per heavy atom. The highest BCUT2D eigenvalue weighted by molar-refractivity contribution is 8.13. The lowest BCUT2D eigenvalue weighted by Crippen LogP contribution is -2.37. The summed E-state index contributed by atoms with van der Waals surface area (Å²) in [6.45, 7) is 0.204.